The standard InChI is InChI=1S/C11H13FN2O/c1-14-6-7(4-5-13)10-9(15)3-2-8(12)11(10)14/h2-3,6,15H,4-5,13H2,1H3. The number of aromatic nitrogens is 1. The molecule has 1 aromatic carbocycles. The molecule has 0 saturated carbocycles. The van der Waals surface area contributed by atoms with Crippen LogP contribution in [0.4, 0.5) is 4.39 Å². The van der Waals surface area contributed by atoms with E-state index < -0.39 is 0 Å². The van der Waals surface area contributed by atoms with Gasteiger partial charge in [-0.05, 0) is 30.7 Å². The van der Waals surface area contributed by atoms with Gasteiger partial charge in [0.25, 0.3) is 0 Å². The number of halogens is 1. The summed E-state index contributed by atoms with van der Waals surface area (Å²) in [6, 6.07) is 2.64. The lowest BCUT2D eigenvalue weighted by Crippen LogP contribution is -2.01. The monoisotopic (exact) mass is 208 g/mol. The highest BCUT2D eigenvalue weighted by Gasteiger charge is 2.13. The van der Waals surface area contributed by atoms with Gasteiger partial charge in [0, 0.05) is 18.6 Å². The van der Waals surface area contributed by atoms with Crippen molar-refractivity contribution in [3.8, 4) is 5.75 Å². The Labute approximate surface area is 86.9 Å². The molecular weight excluding hydrogens is 195 g/mol. The maximum atomic E-state index is 13.5. The number of aromatic hydroxyl groups is 1. The first-order valence-corrected chi connectivity index (χ1v) is 4.80. The average Bonchev–Trinajstić information content (AvgIpc) is 2.51. The Morgan fingerprint density at radius 1 is 1.47 bits per heavy atom. The van der Waals surface area contributed by atoms with Gasteiger partial charge in [-0.1, -0.05) is 0 Å². The summed E-state index contributed by atoms with van der Waals surface area (Å²) in [7, 11) is 1.75. The molecule has 15 heavy (non-hydrogen) atoms. The molecule has 80 valence electrons. The SMILES string of the molecule is Cn1cc(CCN)c2c(O)ccc(F)c21. The van der Waals surface area contributed by atoms with Gasteiger partial charge in [0.05, 0.1) is 5.52 Å². The molecule has 2 aromatic rings. The first-order chi connectivity index (χ1) is 7.15. The quantitative estimate of drug-likeness (QED) is 0.786. The smallest absolute Gasteiger partial charge is 0.147 e. The third-order valence-corrected chi connectivity index (χ3v) is 2.54. The van der Waals surface area contributed by atoms with Crippen LogP contribution in [0.5, 0.6) is 5.75 Å². The molecule has 0 saturated heterocycles. The lowest BCUT2D eigenvalue weighted by molar-refractivity contribution is 0.480. The predicted molar refractivity (Wildman–Crippen MR) is 57.3 cm³/mol. The molecule has 0 radical (unpaired) electrons. The molecule has 0 fully saturated rings. The number of rotatable bonds is 2. The Morgan fingerprint density at radius 2 is 2.20 bits per heavy atom. The van der Waals surface area contributed by atoms with Crippen LogP contribution in [0, 0.1) is 5.82 Å². The predicted octanol–water partition coefficient (Wildman–Crippen LogP) is 1.52. The van der Waals surface area contributed by atoms with Crippen molar-refractivity contribution in [3.63, 3.8) is 0 Å². The van der Waals surface area contributed by atoms with Crippen LogP contribution in [0.2, 0.25) is 0 Å². The number of phenols is 1. The van der Waals surface area contributed by atoms with Crippen LogP contribution in [0.25, 0.3) is 10.9 Å². The summed E-state index contributed by atoms with van der Waals surface area (Å²) in [5.41, 5.74) is 6.77. The topological polar surface area (TPSA) is 51.2 Å². The Bertz CT molecular complexity index is 505. The molecule has 0 unspecified atom stereocenters. The largest absolute Gasteiger partial charge is 0.507 e. The van der Waals surface area contributed by atoms with E-state index in [9.17, 15) is 9.50 Å². The van der Waals surface area contributed by atoms with Gasteiger partial charge >= 0.3 is 0 Å². The van der Waals surface area contributed by atoms with Crippen LogP contribution < -0.4 is 5.73 Å². The second-order valence-corrected chi connectivity index (χ2v) is 3.59. The number of phenolic OH excluding ortho intramolecular Hbond substituents is 1. The van der Waals surface area contributed by atoms with Crippen molar-refractivity contribution < 1.29 is 9.50 Å². The summed E-state index contributed by atoms with van der Waals surface area (Å²) in [6.07, 6.45) is 2.44. The van der Waals surface area contributed by atoms with E-state index >= 15 is 0 Å². The summed E-state index contributed by atoms with van der Waals surface area (Å²) in [4.78, 5) is 0. The number of benzene rings is 1. The maximum absolute atomic E-state index is 13.5. The van der Waals surface area contributed by atoms with Gasteiger partial charge < -0.3 is 15.4 Å². The van der Waals surface area contributed by atoms with Gasteiger partial charge in [0.15, 0.2) is 0 Å². The highest BCUT2D eigenvalue weighted by atomic mass is 19.1. The van der Waals surface area contributed by atoms with Crippen molar-refractivity contribution in [2.45, 2.75) is 6.42 Å². The van der Waals surface area contributed by atoms with Crippen LogP contribution >= 0.6 is 0 Å². The summed E-state index contributed by atoms with van der Waals surface area (Å²) in [6.45, 7) is 0.481. The summed E-state index contributed by atoms with van der Waals surface area (Å²) in [5, 5.41) is 10.3. The molecule has 3 N–H and O–H groups in total. The first kappa shape index (κ1) is 9.98. The Balaban J connectivity index is 2.80. The average molecular weight is 208 g/mol. The fourth-order valence-electron chi connectivity index (χ4n) is 1.92. The number of nitrogens with zero attached hydrogens (tertiary/aromatic N) is 1. The van der Waals surface area contributed by atoms with E-state index in [1.165, 1.54) is 12.1 Å². The highest BCUT2D eigenvalue weighted by Crippen LogP contribution is 2.31. The molecule has 1 heterocycles. The zero-order chi connectivity index (χ0) is 11.0. The minimum atomic E-state index is -0.325. The Kier molecular flexibility index (Phi) is 2.36. The summed E-state index contributed by atoms with van der Waals surface area (Å²) in [5.74, 6) is -0.218. The number of nitrogens with two attached hydrogens (primary N) is 1. The second kappa shape index (κ2) is 3.55. The fourth-order valence-corrected chi connectivity index (χ4v) is 1.92. The van der Waals surface area contributed by atoms with Crippen molar-refractivity contribution in [3.05, 3.63) is 29.7 Å². The van der Waals surface area contributed by atoms with Crippen LogP contribution in [0.3, 0.4) is 0 Å². The lowest BCUT2D eigenvalue weighted by Gasteiger charge is -2.01. The van der Waals surface area contributed by atoms with Crippen LogP contribution in [0.15, 0.2) is 18.3 Å². The van der Waals surface area contributed by atoms with Crippen LogP contribution in [-0.2, 0) is 13.5 Å². The minimum absolute atomic E-state index is 0.107. The van der Waals surface area contributed by atoms with Gasteiger partial charge in [-0.2, -0.15) is 0 Å². The fraction of sp³-hybridized carbons (Fsp3) is 0.273. The van der Waals surface area contributed by atoms with Gasteiger partial charge in [-0.15, -0.1) is 0 Å². The number of fused-ring (bicyclic) bond motifs is 1. The van der Waals surface area contributed by atoms with E-state index in [1.54, 1.807) is 17.8 Å². The number of hydrogen-bond donors (Lipinski definition) is 2. The van der Waals surface area contributed by atoms with Crippen molar-refractivity contribution in [1.29, 1.82) is 0 Å². The van der Waals surface area contributed by atoms with E-state index in [4.69, 9.17) is 5.73 Å². The molecule has 0 atom stereocenters. The van der Waals surface area contributed by atoms with E-state index in [2.05, 4.69) is 0 Å². The van der Waals surface area contributed by atoms with Gasteiger partial charge in [0.2, 0.25) is 0 Å². The van der Waals surface area contributed by atoms with E-state index in [0.29, 0.717) is 23.9 Å². The number of hydrogen-bond acceptors (Lipinski definition) is 2. The molecule has 0 aliphatic heterocycles. The Morgan fingerprint density at radius 3 is 2.87 bits per heavy atom. The number of aryl methyl sites for hydroxylation is 1. The second-order valence-electron chi connectivity index (χ2n) is 3.59. The van der Waals surface area contributed by atoms with E-state index in [1.807, 2.05) is 0 Å². The summed E-state index contributed by atoms with van der Waals surface area (Å²) < 4.78 is 15.2. The molecule has 0 amide bonds. The zero-order valence-electron chi connectivity index (χ0n) is 8.50. The molecule has 3 nitrogen and oxygen atoms in total. The van der Waals surface area contributed by atoms with Crippen LogP contribution in [-0.4, -0.2) is 16.2 Å². The van der Waals surface area contributed by atoms with Crippen molar-refractivity contribution in [2.75, 3.05) is 6.54 Å². The summed E-state index contributed by atoms with van der Waals surface area (Å²) >= 11 is 0. The molecule has 1 aromatic heterocycles. The van der Waals surface area contributed by atoms with Crippen molar-refractivity contribution >= 4 is 10.9 Å². The van der Waals surface area contributed by atoms with Gasteiger partial charge in [-0.3, -0.25) is 0 Å². The molecule has 0 spiro atoms. The highest BCUT2D eigenvalue weighted by molar-refractivity contribution is 5.90. The zero-order valence-corrected chi connectivity index (χ0v) is 8.50. The minimum Gasteiger partial charge on any atom is -0.507 e. The Hall–Kier alpha value is -1.55. The van der Waals surface area contributed by atoms with Gasteiger partial charge in [-0.25, -0.2) is 4.39 Å². The lowest BCUT2D eigenvalue weighted by atomic mass is 10.1. The molecule has 0 aliphatic rings. The molecule has 0 bridgehead atoms. The maximum Gasteiger partial charge on any atom is 0.147 e. The van der Waals surface area contributed by atoms with Crippen LogP contribution in [0.1, 0.15) is 5.56 Å². The third-order valence-electron chi connectivity index (χ3n) is 2.54. The molecule has 2 rings (SSSR count). The third kappa shape index (κ3) is 1.47. The van der Waals surface area contributed by atoms with E-state index in [-0.39, 0.29) is 11.6 Å². The first-order valence-electron chi connectivity index (χ1n) is 4.80. The normalized spacial score (nSPS) is 11.1. The molecule has 4 heteroatoms. The van der Waals surface area contributed by atoms with Gasteiger partial charge in [0.1, 0.15) is 11.6 Å². The molecule has 0 aliphatic carbocycles. The molecular formula is C11H13FN2O. The van der Waals surface area contributed by atoms with E-state index in [0.717, 1.165) is 5.56 Å². The van der Waals surface area contributed by atoms with Crippen molar-refractivity contribution in [2.24, 2.45) is 12.8 Å². The van der Waals surface area contributed by atoms with Crippen molar-refractivity contribution in [1.82, 2.24) is 4.57 Å².